The van der Waals surface area contributed by atoms with Crippen molar-refractivity contribution < 1.29 is 0 Å². The summed E-state index contributed by atoms with van der Waals surface area (Å²) in [6.07, 6.45) is 5.45. The summed E-state index contributed by atoms with van der Waals surface area (Å²) in [6.45, 7) is 0. The van der Waals surface area contributed by atoms with E-state index in [1.165, 1.54) is 0 Å². The van der Waals surface area contributed by atoms with Gasteiger partial charge in [-0.2, -0.15) is 0 Å². The van der Waals surface area contributed by atoms with E-state index >= 15 is 0 Å². The number of fused-ring (bicyclic) bond motifs is 1. The summed E-state index contributed by atoms with van der Waals surface area (Å²) in [7, 11) is 0. The van der Waals surface area contributed by atoms with E-state index in [4.69, 9.17) is 0 Å². The van der Waals surface area contributed by atoms with E-state index in [9.17, 15) is 0 Å². The topological polar surface area (TPSA) is 41.6 Å². The highest BCUT2D eigenvalue weighted by atomic mass is 14.8. The average Bonchev–Trinajstić information content (AvgIpc) is 2.82. The van der Waals surface area contributed by atoms with Crippen LogP contribution in [0.1, 0.15) is 0 Å². The molecule has 0 aliphatic carbocycles. The van der Waals surface area contributed by atoms with Crippen molar-refractivity contribution >= 4 is 10.9 Å². The van der Waals surface area contributed by atoms with Crippen LogP contribution in [0.4, 0.5) is 0 Å². The Hall–Kier alpha value is -2.16. The maximum absolute atomic E-state index is 4.52. The van der Waals surface area contributed by atoms with Crippen LogP contribution in [0.3, 0.4) is 0 Å². The van der Waals surface area contributed by atoms with Crippen LogP contribution in [0.15, 0.2) is 48.9 Å². The number of hydrogen-bond donors (Lipinski definition) is 1. The largest absolute Gasteiger partial charge is 0.360 e. The third-order valence-corrected chi connectivity index (χ3v) is 2.37. The lowest BCUT2D eigenvalue weighted by Gasteiger charge is -1.99. The van der Waals surface area contributed by atoms with Crippen LogP contribution in [0.25, 0.3) is 22.3 Å². The zero-order valence-corrected chi connectivity index (χ0v) is 8.01. The lowest BCUT2D eigenvalue weighted by molar-refractivity contribution is 1.29. The number of rotatable bonds is 1. The summed E-state index contributed by atoms with van der Waals surface area (Å²) in [5, 5.41) is 1.11. The monoisotopic (exact) mass is 195 g/mol. The van der Waals surface area contributed by atoms with Gasteiger partial charge in [-0.1, -0.05) is 6.07 Å². The van der Waals surface area contributed by atoms with Gasteiger partial charge in [0.05, 0.1) is 23.1 Å². The maximum Gasteiger partial charge on any atom is 0.0893 e. The first-order valence-electron chi connectivity index (χ1n) is 4.78. The summed E-state index contributed by atoms with van der Waals surface area (Å²) >= 11 is 0. The van der Waals surface area contributed by atoms with E-state index in [2.05, 4.69) is 21.0 Å². The summed E-state index contributed by atoms with van der Waals surface area (Å²) in [6, 6.07) is 9.99. The number of pyridine rings is 2. The molecule has 0 bridgehead atoms. The second kappa shape index (κ2) is 3.20. The average molecular weight is 195 g/mol. The molecule has 0 fully saturated rings. The molecule has 0 unspecified atom stereocenters. The molecule has 0 saturated carbocycles. The molecule has 0 atom stereocenters. The van der Waals surface area contributed by atoms with E-state index in [1.54, 1.807) is 12.4 Å². The second-order valence-electron chi connectivity index (χ2n) is 3.35. The molecule has 0 aliphatic rings. The third kappa shape index (κ3) is 1.38. The summed E-state index contributed by atoms with van der Waals surface area (Å²) in [5.41, 5.74) is 2.89. The van der Waals surface area contributed by atoms with Gasteiger partial charge in [-0.3, -0.25) is 4.98 Å². The number of H-pyrrole nitrogens is 1. The fourth-order valence-electron chi connectivity index (χ4n) is 1.61. The zero-order chi connectivity index (χ0) is 10.1. The van der Waals surface area contributed by atoms with E-state index in [0.29, 0.717) is 0 Å². The Kier molecular flexibility index (Phi) is 1.75. The van der Waals surface area contributed by atoms with Crippen LogP contribution in [-0.4, -0.2) is 15.0 Å². The van der Waals surface area contributed by atoms with Crippen molar-refractivity contribution in [2.45, 2.75) is 0 Å². The number of aromatic amines is 1. The minimum atomic E-state index is 0.921. The van der Waals surface area contributed by atoms with Crippen molar-refractivity contribution in [1.29, 1.82) is 0 Å². The molecule has 72 valence electrons. The van der Waals surface area contributed by atoms with Crippen molar-refractivity contribution in [3.8, 4) is 11.4 Å². The fourth-order valence-corrected chi connectivity index (χ4v) is 1.61. The van der Waals surface area contributed by atoms with Crippen molar-refractivity contribution in [2.75, 3.05) is 0 Å². The van der Waals surface area contributed by atoms with Crippen molar-refractivity contribution in [3.05, 3.63) is 48.9 Å². The van der Waals surface area contributed by atoms with Crippen LogP contribution in [-0.2, 0) is 0 Å². The van der Waals surface area contributed by atoms with Crippen molar-refractivity contribution in [3.63, 3.8) is 0 Å². The molecule has 0 aromatic carbocycles. The normalized spacial score (nSPS) is 10.7. The summed E-state index contributed by atoms with van der Waals surface area (Å²) < 4.78 is 0. The first kappa shape index (κ1) is 8.17. The molecule has 1 N–H and O–H groups in total. The highest BCUT2D eigenvalue weighted by molar-refractivity contribution is 5.79. The number of nitrogens with zero attached hydrogens (tertiary/aromatic N) is 2. The van der Waals surface area contributed by atoms with Crippen LogP contribution in [0.5, 0.6) is 0 Å². The molecule has 0 saturated heterocycles. The molecule has 3 rings (SSSR count). The predicted octanol–water partition coefficient (Wildman–Crippen LogP) is 2.62. The Bertz CT molecular complexity index is 585. The highest BCUT2D eigenvalue weighted by Gasteiger charge is 2.00. The lowest BCUT2D eigenvalue weighted by atomic mass is 10.2. The minimum absolute atomic E-state index is 0.921. The Morgan fingerprint density at radius 1 is 1.07 bits per heavy atom. The number of aromatic nitrogens is 3. The molecule has 3 aromatic heterocycles. The van der Waals surface area contributed by atoms with Gasteiger partial charge in [0.1, 0.15) is 0 Å². The van der Waals surface area contributed by atoms with Crippen LogP contribution >= 0.6 is 0 Å². The highest BCUT2D eigenvalue weighted by Crippen LogP contribution is 2.18. The number of nitrogens with one attached hydrogen (secondary N) is 1. The van der Waals surface area contributed by atoms with Gasteiger partial charge >= 0.3 is 0 Å². The van der Waals surface area contributed by atoms with Crippen molar-refractivity contribution in [2.24, 2.45) is 0 Å². The first-order valence-corrected chi connectivity index (χ1v) is 4.78. The molecular weight excluding hydrogens is 186 g/mol. The molecule has 0 spiro atoms. The number of hydrogen-bond acceptors (Lipinski definition) is 2. The van der Waals surface area contributed by atoms with Gasteiger partial charge in [0.25, 0.3) is 0 Å². The Balaban J connectivity index is 2.22. The van der Waals surface area contributed by atoms with Gasteiger partial charge in [0, 0.05) is 17.8 Å². The molecule has 0 radical (unpaired) electrons. The standard InChI is InChI=1S/C12H9N3/c1-2-10(14-6-1)11-4-3-9-5-7-13-8-12(9)15-11/h1-8,14H. The Morgan fingerprint density at radius 3 is 2.93 bits per heavy atom. The third-order valence-electron chi connectivity index (χ3n) is 2.37. The van der Waals surface area contributed by atoms with Crippen LogP contribution in [0, 0.1) is 0 Å². The molecule has 3 nitrogen and oxygen atoms in total. The molecule has 15 heavy (non-hydrogen) atoms. The molecule has 3 heteroatoms. The van der Waals surface area contributed by atoms with Crippen LogP contribution in [0.2, 0.25) is 0 Å². The predicted molar refractivity (Wildman–Crippen MR) is 59.3 cm³/mol. The molecule has 0 amide bonds. The first-order chi connectivity index (χ1) is 7.43. The SMILES string of the molecule is c1c[nH]c(-c2ccc3ccncc3n2)c1. The van der Waals surface area contributed by atoms with Gasteiger partial charge in [0.2, 0.25) is 0 Å². The van der Waals surface area contributed by atoms with Crippen LogP contribution < -0.4 is 0 Å². The maximum atomic E-state index is 4.52. The van der Waals surface area contributed by atoms with E-state index in [-0.39, 0.29) is 0 Å². The van der Waals surface area contributed by atoms with Gasteiger partial charge in [0.15, 0.2) is 0 Å². The van der Waals surface area contributed by atoms with Gasteiger partial charge in [-0.05, 0) is 24.3 Å². The Morgan fingerprint density at radius 2 is 2.07 bits per heavy atom. The Labute approximate surface area is 86.8 Å². The van der Waals surface area contributed by atoms with Gasteiger partial charge in [-0.25, -0.2) is 4.98 Å². The van der Waals surface area contributed by atoms with Gasteiger partial charge in [-0.15, -0.1) is 0 Å². The van der Waals surface area contributed by atoms with E-state index < -0.39 is 0 Å². The molecule has 0 aliphatic heterocycles. The minimum Gasteiger partial charge on any atom is -0.360 e. The summed E-state index contributed by atoms with van der Waals surface area (Å²) in [5.74, 6) is 0. The second-order valence-corrected chi connectivity index (χ2v) is 3.35. The molecule has 3 heterocycles. The fraction of sp³-hybridized carbons (Fsp3) is 0. The molecular formula is C12H9N3. The van der Waals surface area contributed by atoms with Gasteiger partial charge < -0.3 is 4.98 Å². The quantitative estimate of drug-likeness (QED) is 0.648. The smallest absolute Gasteiger partial charge is 0.0893 e. The zero-order valence-electron chi connectivity index (χ0n) is 8.01. The molecule has 3 aromatic rings. The van der Waals surface area contributed by atoms with E-state index in [0.717, 1.165) is 22.3 Å². The van der Waals surface area contributed by atoms with Crippen molar-refractivity contribution in [1.82, 2.24) is 15.0 Å². The summed E-state index contributed by atoms with van der Waals surface area (Å²) in [4.78, 5) is 11.7. The van der Waals surface area contributed by atoms with E-state index in [1.807, 2.05) is 30.5 Å². The lowest BCUT2D eigenvalue weighted by Crippen LogP contribution is -1.85.